The zero-order valence-corrected chi connectivity index (χ0v) is 11.9. The van der Waals surface area contributed by atoms with Crippen LogP contribution in [0, 0.1) is 0 Å². The Kier molecular flexibility index (Phi) is 4.76. The van der Waals surface area contributed by atoms with Crippen LogP contribution >= 0.6 is 15.9 Å². The quantitative estimate of drug-likeness (QED) is 0.442. The Hall–Kier alpha value is -0.130. The Labute approximate surface area is 105 Å². The highest BCUT2D eigenvalue weighted by Crippen LogP contribution is 2.19. The lowest BCUT2D eigenvalue weighted by Gasteiger charge is -2.36. The van der Waals surface area contributed by atoms with Gasteiger partial charge in [-0.15, -0.1) is 0 Å². The molecule has 5 heteroatoms. The average molecular weight is 294 g/mol. The summed E-state index contributed by atoms with van der Waals surface area (Å²) in [5.74, 6) is -0.235. The Bertz CT molecular complexity index is 252. The number of nitrogens with zero attached hydrogens (tertiary/aromatic N) is 1. The molecular formula is C11H20BrNO3. The van der Waals surface area contributed by atoms with Crippen LogP contribution in [-0.2, 0) is 14.3 Å². The molecule has 94 valence electrons. The fourth-order valence-corrected chi connectivity index (χ4v) is 2.26. The van der Waals surface area contributed by atoms with E-state index < -0.39 is 5.60 Å². The summed E-state index contributed by atoms with van der Waals surface area (Å²) in [6, 6.07) is 0.227. The first-order chi connectivity index (χ1) is 7.31. The lowest BCUT2D eigenvalue weighted by atomic mass is 10.2. The predicted octanol–water partition coefficient (Wildman–Crippen LogP) is 1.77. The monoisotopic (exact) mass is 293 g/mol. The number of rotatable bonds is 2. The van der Waals surface area contributed by atoms with E-state index in [4.69, 9.17) is 9.47 Å². The molecule has 2 atom stereocenters. The zero-order chi connectivity index (χ0) is 12.3. The highest BCUT2D eigenvalue weighted by molar-refractivity contribution is 9.09. The first-order valence-corrected chi connectivity index (χ1v) is 6.43. The smallest absolute Gasteiger partial charge is 0.335 e. The molecular weight excluding hydrogens is 274 g/mol. The van der Waals surface area contributed by atoms with Gasteiger partial charge in [-0.3, -0.25) is 4.90 Å². The third-order valence-electron chi connectivity index (χ3n) is 2.31. The van der Waals surface area contributed by atoms with Crippen molar-refractivity contribution in [2.24, 2.45) is 0 Å². The van der Waals surface area contributed by atoms with Crippen LogP contribution < -0.4 is 0 Å². The van der Waals surface area contributed by atoms with Gasteiger partial charge in [-0.2, -0.15) is 0 Å². The highest BCUT2D eigenvalue weighted by atomic mass is 79.9. The third-order valence-corrected chi connectivity index (χ3v) is 3.21. The molecule has 0 aromatic rings. The second kappa shape index (κ2) is 5.47. The van der Waals surface area contributed by atoms with Crippen LogP contribution in [0.15, 0.2) is 0 Å². The highest BCUT2D eigenvalue weighted by Gasteiger charge is 2.32. The van der Waals surface area contributed by atoms with Gasteiger partial charge in [0, 0.05) is 12.6 Å². The van der Waals surface area contributed by atoms with Crippen LogP contribution in [0.4, 0.5) is 0 Å². The van der Waals surface area contributed by atoms with Crippen molar-refractivity contribution in [3.8, 4) is 0 Å². The normalized spacial score (nSPS) is 25.2. The first-order valence-electron chi connectivity index (χ1n) is 5.51. The minimum Gasteiger partial charge on any atom is -0.458 e. The van der Waals surface area contributed by atoms with Gasteiger partial charge in [0.05, 0.1) is 13.2 Å². The zero-order valence-electron chi connectivity index (χ0n) is 10.3. The molecule has 1 heterocycles. The standard InChI is InChI=1S/C11H20BrNO3/c1-8-7-15-6-5-13(8)9(12)10(14)16-11(2,3)4/h8-9H,5-7H2,1-4H3. The molecule has 0 amide bonds. The number of carbonyl (C=O) groups excluding carboxylic acids is 1. The van der Waals surface area contributed by atoms with E-state index in [-0.39, 0.29) is 17.0 Å². The maximum atomic E-state index is 11.9. The van der Waals surface area contributed by atoms with E-state index in [1.54, 1.807) is 0 Å². The summed E-state index contributed by atoms with van der Waals surface area (Å²) in [6.45, 7) is 9.71. The van der Waals surface area contributed by atoms with E-state index in [0.717, 1.165) is 6.54 Å². The average Bonchev–Trinajstić information content (AvgIpc) is 2.15. The molecule has 1 saturated heterocycles. The summed E-state index contributed by atoms with van der Waals surface area (Å²) in [6.07, 6.45) is 0. The maximum absolute atomic E-state index is 11.9. The van der Waals surface area contributed by atoms with Crippen molar-refractivity contribution in [2.75, 3.05) is 19.8 Å². The van der Waals surface area contributed by atoms with Crippen molar-refractivity contribution >= 4 is 21.9 Å². The van der Waals surface area contributed by atoms with Crippen LogP contribution in [0.1, 0.15) is 27.7 Å². The number of ether oxygens (including phenoxy) is 2. The number of esters is 1. The molecule has 0 aliphatic carbocycles. The molecule has 0 spiro atoms. The largest absolute Gasteiger partial charge is 0.458 e. The maximum Gasteiger partial charge on any atom is 0.335 e. The fourth-order valence-electron chi connectivity index (χ4n) is 1.56. The Morgan fingerprint density at radius 2 is 2.19 bits per heavy atom. The third kappa shape index (κ3) is 4.03. The van der Waals surface area contributed by atoms with Gasteiger partial charge < -0.3 is 9.47 Å². The molecule has 4 nitrogen and oxygen atoms in total. The van der Waals surface area contributed by atoms with Crippen molar-refractivity contribution in [2.45, 2.75) is 44.3 Å². The topological polar surface area (TPSA) is 38.8 Å². The molecule has 16 heavy (non-hydrogen) atoms. The molecule has 0 aromatic carbocycles. The van der Waals surface area contributed by atoms with Crippen molar-refractivity contribution in [3.63, 3.8) is 0 Å². The minimum absolute atomic E-state index is 0.227. The van der Waals surface area contributed by atoms with Crippen LogP contribution in [0.5, 0.6) is 0 Å². The van der Waals surface area contributed by atoms with E-state index in [0.29, 0.717) is 13.2 Å². The van der Waals surface area contributed by atoms with Gasteiger partial charge in [0.1, 0.15) is 5.60 Å². The van der Waals surface area contributed by atoms with E-state index >= 15 is 0 Å². The van der Waals surface area contributed by atoms with Crippen molar-refractivity contribution < 1.29 is 14.3 Å². The molecule has 1 aliphatic rings. The number of halogens is 1. The first kappa shape index (κ1) is 13.9. The van der Waals surface area contributed by atoms with Crippen LogP contribution in [-0.4, -0.2) is 47.2 Å². The molecule has 0 radical (unpaired) electrons. The molecule has 2 unspecified atom stereocenters. The second-order valence-corrected chi connectivity index (χ2v) is 5.90. The van der Waals surface area contributed by atoms with E-state index in [2.05, 4.69) is 20.8 Å². The summed E-state index contributed by atoms with van der Waals surface area (Å²) in [5, 5.41) is 0. The molecule has 0 saturated carbocycles. The van der Waals surface area contributed by atoms with Gasteiger partial charge in [0.15, 0.2) is 4.95 Å². The molecule has 0 bridgehead atoms. The molecule has 0 aromatic heterocycles. The van der Waals surface area contributed by atoms with Crippen LogP contribution in [0.25, 0.3) is 0 Å². The Morgan fingerprint density at radius 1 is 1.56 bits per heavy atom. The SMILES string of the molecule is CC1COCCN1C(Br)C(=O)OC(C)(C)C. The molecule has 1 rings (SSSR count). The lowest BCUT2D eigenvalue weighted by Crippen LogP contribution is -2.51. The number of hydrogen-bond donors (Lipinski definition) is 0. The summed E-state index contributed by atoms with van der Waals surface area (Å²) in [4.78, 5) is 13.5. The van der Waals surface area contributed by atoms with Gasteiger partial charge in [-0.1, -0.05) is 15.9 Å². The van der Waals surface area contributed by atoms with Gasteiger partial charge in [0.25, 0.3) is 0 Å². The summed E-state index contributed by atoms with van der Waals surface area (Å²) in [5.41, 5.74) is -0.446. The number of morpholine rings is 1. The van der Waals surface area contributed by atoms with Gasteiger partial charge in [-0.05, 0) is 27.7 Å². The van der Waals surface area contributed by atoms with Gasteiger partial charge >= 0.3 is 5.97 Å². The summed E-state index contributed by atoms with van der Waals surface area (Å²) < 4.78 is 10.7. The van der Waals surface area contributed by atoms with Gasteiger partial charge in [-0.25, -0.2) is 4.79 Å². The summed E-state index contributed by atoms with van der Waals surface area (Å²) in [7, 11) is 0. The van der Waals surface area contributed by atoms with E-state index in [1.165, 1.54) is 0 Å². The predicted molar refractivity (Wildman–Crippen MR) is 65.5 cm³/mol. The molecule has 1 fully saturated rings. The van der Waals surface area contributed by atoms with Crippen LogP contribution in [0.2, 0.25) is 0 Å². The molecule has 0 N–H and O–H groups in total. The number of carbonyl (C=O) groups is 1. The van der Waals surface area contributed by atoms with Crippen molar-refractivity contribution in [3.05, 3.63) is 0 Å². The fraction of sp³-hybridized carbons (Fsp3) is 0.909. The Balaban J connectivity index is 2.55. The van der Waals surface area contributed by atoms with E-state index in [1.807, 2.05) is 27.7 Å². The van der Waals surface area contributed by atoms with Crippen molar-refractivity contribution in [1.82, 2.24) is 4.90 Å². The number of alkyl halides is 1. The molecule has 1 aliphatic heterocycles. The van der Waals surface area contributed by atoms with E-state index in [9.17, 15) is 4.79 Å². The minimum atomic E-state index is -0.446. The van der Waals surface area contributed by atoms with Crippen molar-refractivity contribution in [1.29, 1.82) is 0 Å². The van der Waals surface area contributed by atoms with Crippen LogP contribution in [0.3, 0.4) is 0 Å². The van der Waals surface area contributed by atoms with Gasteiger partial charge in [0.2, 0.25) is 0 Å². The lowest BCUT2D eigenvalue weighted by molar-refractivity contribution is -0.159. The number of hydrogen-bond acceptors (Lipinski definition) is 4. The Morgan fingerprint density at radius 3 is 2.69 bits per heavy atom. The summed E-state index contributed by atoms with van der Waals surface area (Å²) >= 11 is 3.39. The second-order valence-electron chi connectivity index (χ2n) is 5.03.